The second-order valence-corrected chi connectivity index (χ2v) is 5.97. The van der Waals surface area contributed by atoms with Crippen molar-refractivity contribution < 1.29 is 0 Å². The Morgan fingerprint density at radius 2 is 1.68 bits per heavy atom. The maximum absolute atomic E-state index is 6.26. The highest BCUT2D eigenvalue weighted by molar-refractivity contribution is 7.99. The summed E-state index contributed by atoms with van der Waals surface area (Å²) >= 11 is 1.87. The molecule has 2 N–H and O–H groups in total. The van der Waals surface area contributed by atoms with Crippen molar-refractivity contribution in [1.82, 2.24) is 0 Å². The zero-order valence-corrected chi connectivity index (χ0v) is 12.2. The molecule has 1 nitrogen and oxygen atoms in total. The average molecular weight is 271 g/mol. The zero-order chi connectivity index (χ0) is 13.5. The van der Waals surface area contributed by atoms with Gasteiger partial charge in [-0.1, -0.05) is 49.4 Å². The molecule has 2 rings (SSSR count). The molecule has 0 bridgehead atoms. The summed E-state index contributed by atoms with van der Waals surface area (Å²) in [7, 11) is 0. The first-order chi connectivity index (χ1) is 9.29. The normalized spacial score (nSPS) is 12.3. The van der Waals surface area contributed by atoms with Gasteiger partial charge in [-0.15, -0.1) is 11.8 Å². The Morgan fingerprint density at radius 3 is 2.32 bits per heavy atom. The van der Waals surface area contributed by atoms with Crippen LogP contribution < -0.4 is 5.73 Å². The number of hydrogen-bond donors (Lipinski definition) is 1. The van der Waals surface area contributed by atoms with Crippen LogP contribution in [-0.2, 0) is 6.42 Å². The summed E-state index contributed by atoms with van der Waals surface area (Å²) in [6, 6.07) is 19.3. The molecule has 0 aliphatic heterocycles. The van der Waals surface area contributed by atoms with Crippen LogP contribution in [0.25, 0.3) is 0 Å². The standard InChI is InChI=1S/C17H21NS/c1-2-19-16-11-9-15(10-12-16)17(18)13-8-14-6-4-3-5-7-14/h3-7,9-12,17H,2,8,13,18H2,1H3. The van der Waals surface area contributed by atoms with E-state index in [1.54, 1.807) is 0 Å². The fourth-order valence-electron chi connectivity index (χ4n) is 2.11. The van der Waals surface area contributed by atoms with Gasteiger partial charge in [-0.05, 0) is 41.9 Å². The maximum Gasteiger partial charge on any atom is 0.0298 e. The number of hydrogen-bond acceptors (Lipinski definition) is 2. The first-order valence-electron chi connectivity index (χ1n) is 6.82. The molecule has 0 saturated heterocycles. The molecule has 100 valence electrons. The molecule has 0 aliphatic rings. The molecule has 1 atom stereocenters. The van der Waals surface area contributed by atoms with Crippen molar-refractivity contribution in [2.75, 3.05) is 5.75 Å². The fourth-order valence-corrected chi connectivity index (χ4v) is 2.77. The minimum Gasteiger partial charge on any atom is -0.324 e. The number of rotatable bonds is 6. The number of aryl methyl sites for hydroxylation is 1. The molecular formula is C17H21NS. The molecule has 0 aromatic heterocycles. The molecule has 0 heterocycles. The van der Waals surface area contributed by atoms with Gasteiger partial charge in [-0.25, -0.2) is 0 Å². The quantitative estimate of drug-likeness (QED) is 0.786. The van der Waals surface area contributed by atoms with E-state index in [2.05, 4.69) is 55.5 Å². The van der Waals surface area contributed by atoms with Crippen LogP contribution >= 0.6 is 11.8 Å². The van der Waals surface area contributed by atoms with E-state index in [1.807, 2.05) is 17.8 Å². The number of thioether (sulfide) groups is 1. The largest absolute Gasteiger partial charge is 0.324 e. The molecule has 1 unspecified atom stereocenters. The lowest BCUT2D eigenvalue weighted by atomic mass is 10.00. The van der Waals surface area contributed by atoms with E-state index in [1.165, 1.54) is 16.0 Å². The topological polar surface area (TPSA) is 26.0 Å². The highest BCUT2D eigenvalue weighted by Gasteiger charge is 2.06. The molecule has 19 heavy (non-hydrogen) atoms. The molecule has 0 radical (unpaired) electrons. The lowest BCUT2D eigenvalue weighted by Crippen LogP contribution is -2.11. The van der Waals surface area contributed by atoms with Gasteiger partial charge < -0.3 is 5.73 Å². The van der Waals surface area contributed by atoms with E-state index in [0.29, 0.717) is 0 Å². The number of nitrogens with two attached hydrogens (primary N) is 1. The molecule has 0 saturated carbocycles. The molecule has 2 aromatic carbocycles. The summed E-state index contributed by atoms with van der Waals surface area (Å²) in [6.45, 7) is 2.17. The van der Waals surface area contributed by atoms with Crippen molar-refractivity contribution in [3.05, 3.63) is 65.7 Å². The van der Waals surface area contributed by atoms with Crippen molar-refractivity contribution in [3.63, 3.8) is 0 Å². The van der Waals surface area contributed by atoms with Gasteiger partial charge in [0, 0.05) is 10.9 Å². The summed E-state index contributed by atoms with van der Waals surface area (Å²) in [6.07, 6.45) is 2.03. The SMILES string of the molecule is CCSc1ccc(C(N)CCc2ccccc2)cc1. The lowest BCUT2D eigenvalue weighted by Gasteiger charge is -2.12. The highest BCUT2D eigenvalue weighted by Crippen LogP contribution is 2.22. The summed E-state index contributed by atoms with van der Waals surface area (Å²) in [4.78, 5) is 1.32. The molecule has 2 heteroatoms. The van der Waals surface area contributed by atoms with Gasteiger partial charge in [0.15, 0.2) is 0 Å². The third-order valence-corrected chi connectivity index (χ3v) is 4.10. The highest BCUT2D eigenvalue weighted by atomic mass is 32.2. The van der Waals surface area contributed by atoms with Crippen LogP contribution in [-0.4, -0.2) is 5.75 Å². The van der Waals surface area contributed by atoms with Crippen molar-refractivity contribution in [1.29, 1.82) is 0 Å². The summed E-state index contributed by atoms with van der Waals surface area (Å²) in [5.74, 6) is 1.11. The monoisotopic (exact) mass is 271 g/mol. The minimum atomic E-state index is 0.126. The van der Waals surface area contributed by atoms with Gasteiger partial charge in [0.25, 0.3) is 0 Å². The van der Waals surface area contributed by atoms with E-state index in [4.69, 9.17) is 5.73 Å². The van der Waals surface area contributed by atoms with Crippen molar-refractivity contribution in [3.8, 4) is 0 Å². The van der Waals surface area contributed by atoms with Gasteiger partial charge in [-0.3, -0.25) is 0 Å². The summed E-state index contributed by atoms with van der Waals surface area (Å²) in [5, 5.41) is 0. The van der Waals surface area contributed by atoms with Crippen LogP contribution in [0.1, 0.15) is 30.5 Å². The van der Waals surface area contributed by atoms with E-state index in [0.717, 1.165) is 18.6 Å². The van der Waals surface area contributed by atoms with Gasteiger partial charge in [0.05, 0.1) is 0 Å². The van der Waals surface area contributed by atoms with E-state index < -0.39 is 0 Å². The third kappa shape index (κ3) is 4.41. The Hall–Kier alpha value is -1.25. The Labute approximate surface area is 120 Å². The predicted octanol–water partition coefficient (Wildman–Crippen LogP) is 4.43. The second kappa shape index (κ2) is 7.37. The van der Waals surface area contributed by atoms with Crippen LogP contribution in [0.15, 0.2) is 59.5 Å². The zero-order valence-electron chi connectivity index (χ0n) is 11.4. The number of benzene rings is 2. The maximum atomic E-state index is 6.26. The molecule has 0 fully saturated rings. The van der Waals surface area contributed by atoms with Gasteiger partial charge in [-0.2, -0.15) is 0 Å². The van der Waals surface area contributed by atoms with Crippen LogP contribution in [0.4, 0.5) is 0 Å². The Kier molecular flexibility index (Phi) is 5.49. The fraction of sp³-hybridized carbons (Fsp3) is 0.294. The Morgan fingerprint density at radius 1 is 1.00 bits per heavy atom. The van der Waals surface area contributed by atoms with Gasteiger partial charge in [0.2, 0.25) is 0 Å². The van der Waals surface area contributed by atoms with Crippen LogP contribution in [0.5, 0.6) is 0 Å². The van der Waals surface area contributed by atoms with E-state index >= 15 is 0 Å². The third-order valence-electron chi connectivity index (χ3n) is 3.21. The van der Waals surface area contributed by atoms with Crippen LogP contribution in [0.3, 0.4) is 0 Å². The van der Waals surface area contributed by atoms with E-state index in [-0.39, 0.29) is 6.04 Å². The average Bonchev–Trinajstić information content (AvgIpc) is 2.47. The Bertz CT molecular complexity index is 478. The smallest absolute Gasteiger partial charge is 0.0298 e. The van der Waals surface area contributed by atoms with Crippen molar-refractivity contribution in [2.45, 2.75) is 30.7 Å². The minimum absolute atomic E-state index is 0.126. The lowest BCUT2D eigenvalue weighted by molar-refractivity contribution is 0.651. The van der Waals surface area contributed by atoms with E-state index in [9.17, 15) is 0 Å². The first-order valence-corrected chi connectivity index (χ1v) is 7.80. The Balaban J connectivity index is 1.90. The summed E-state index contributed by atoms with van der Waals surface area (Å²) in [5.41, 5.74) is 8.85. The molecule has 0 spiro atoms. The first kappa shape index (κ1) is 14.2. The molecule has 0 amide bonds. The molecule has 2 aromatic rings. The van der Waals surface area contributed by atoms with Crippen LogP contribution in [0, 0.1) is 0 Å². The van der Waals surface area contributed by atoms with Crippen molar-refractivity contribution >= 4 is 11.8 Å². The second-order valence-electron chi connectivity index (χ2n) is 4.63. The molecular weight excluding hydrogens is 250 g/mol. The van der Waals surface area contributed by atoms with Crippen LogP contribution in [0.2, 0.25) is 0 Å². The van der Waals surface area contributed by atoms with Gasteiger partial charge >= 0.3 is 0 Å². The predicted molar refractivity (Wildman–Crippen MR) is 84.5 cm³/mol. The van der Waals surface area contributed by atoms with Crippen molar-refractivity contribution in [2.24, 2.45) is 5.73 Å². The molecule has 0 aliphatic carbocycles. The van der Waals surface area contributed by atoms with Gasteiger partial charge in [0.1, 0.15) is 0 Å². The summed E-state index contributed by atoms with van der Waals surface area (Å²) < 4.78 is 0.